The maximum absolute atomic E-state index is 13.4. The fraction of sp³-hybridized carbons (Fsp3) is 0.405. The monoisotopic (exact) mass is 662 g/mol. The van der Waals surface area contributed by atoms with Crippen LogP contribution in [0.2, 0.25) is 0 Å². The first-order valence-corrected chi connectivity index (χ1v) is 17.1. The summed E-state index contributed by atoms with van der Waals surface area (Å²) in [5.41, 5.74) is 3.33. The number of aliphatic hydroxyl groups excluding tert-OH is 1. The van der Waals surface area contributed by atoms with Crippen molar-refractivity contribution in [3.63, 3.8) is 0 Å². The largest absolute Gasteiger partial charge is 0.393 e. The van der Waals surface area contributed by atoms with Crippen LogP contribution in [-0.2, 0) is 13.6 Å². The second-order valence-corrected chi connectivity index (χ2v) is 12.4. The molecule has 0 aliphatic carbocycles. The molecule has 12 heteroatoms. The lowest BCUT2D eigenvalue weighted by molar-refractivity contribution is 0.161. The van der Waals surface area contributed by atoms with Gasteiger partial charge in [-0.25, -0.2) is 14.8 Å². The minimum Gasteiger partial charge on any atom is -0.393 e. The molecule has 2 atom stereocenters. The number of aromatic nitrogens is 5. The van der Waals surface area contributed by atoms with E-state index in [1.54, 1.807) is 34.4 Å². The number of carbonyl (C=O) groups excluding carboxylic acids is 1. The van der Waals surface area contributed by atoms with Crippen molar-refractivity contribution in [3.05, 3.63) is 90.7 Å². The van der Waals surface area contributed by atoms with Crippen LogP contribution in [0.4, 0.5) is 22.4 Å². The second-order valence-electron chi connectivity index (χ2n) is 12.4. The molecular weight excluding hydrogens is 616 g/mol. The van der Waals surface area contributed by atoms with Crippen molar-refractivity contribution in [1.29, 1.82) is 5.26 Å². The number of amides is 2. The number of benzene rings is 1. The lowest BCUT2D eigenvalue weighted by Gasteiger charge is -2.24. The van der Waals surface area contributed by atoms with E-state index in [9.17, 15) is 15.2 Å². The topological polar surface area (TPSA) is 148 Å². The number of aliphatic hydroxyl groups is 1. The van der Waals surface area contributed by atoms with Crippen molar-refractivity contribution in [3.8, 4) is 17.2 Å². The molecule has 1 aliphatic heterocycles. The molecule has 2 amide bonds. The summed E-state index contributed by atoms with van der Waals surface area (Å²) in [5, 5.41) is 30.6. The number of hydrogen-bond acceptors (Lipinski definition) is 9. The number of unbranched alkanes of at least 4 members (excludes halogenated alkanes) is 1. The zero-order valence-corrected chi connectivity index (χ0v) is 28.4. The van der Waals surface area contributed by atoms with Crippen LogP contribution in [0.3, 0.4) is 0 Å². The maximum atomic E-state index is 13.4. The molecule has 1 aliphatic rings. The van der Waals surface area contributed by atoms with Crippen molar-refractivity contribution >= 4 is 23.6 Å². The molecule has 1 aromatic carbocycles. The normalized spacial score (nSPS) is 15.4. The minimum absolute atomic E-state index is 0.150. The highest BCUT2D eigenvalue weighted by Gasteiger charge is 2.21. The predicted molar refractivity (Wildman–Crippen MR) is 192 cm³/mol. The molecule has 3 N–H and O–H groups in total. The molecule has 12 nitrogen and oxygen atoms in total. The van der Waals surface area contributed by atoms with E-state index in [0.717, 1.165) is 68.2 Å². The SMILES string of the molecule is CCC[C@H](CCC/C=C/N(C(=O)NCc1ccccc1)c1ccc(-c2cnn(C)c2)cn1)Nc1ncc(C#N)c(N2CCCC(O)CC2)n1. The zero-order valence-electron chi connectivity index (χ0n) is 28.4. The van der Waals surface area contributed by atoms with Gasteiger partial charge in [0, 0.05) is 62.4 Å². The molecule has 0 radical (unpaired) electrons. The number of carbonyl (C=O) groups is 1. The van der Waals surface area contributed by atoms with E-state index in [1.165, 1.54) is 0 Å². The smallest absolute Gasteiger partial charge is 0.327 e. The average molecular weight is 663 g/mol. The van der Waals surface area contributed by atoms with Crippen molar-refractivity contribution in [1.82, 2.24) is 30.0 Å². The third-order valence-electron chi connectivity index (χ3n) is 8.57. The van der Waals surface area contributed by atoms with Gasteiger partial charge in [0.2, 0.25) is 5.95 Å². The Morgan fingerprint density at radius 1 is 1.10 bits per heavy atom. The number of nitrogens with zero attached hydrogens (tertiary/aromatic N) is 8. The number of rotatable bonds is 14. The van der Waals surface area contributed by atoms with Gasteiger partial charge in [-0.2, -0.15) is 15.3 Å². The number of hydrogen-bond donors (Lipinski definition) is 3. The van der Waals surface area contributed by atoms with Gasteiger partial charge in [-0.05, 0) is 62.6 Å². The van der Waals surface area contributed by atoms with Crippen LogP contribution in [0.15, 0.2) is 79.5 Å². The highest BCUT2D eigenvalue weighted by molar-refractivity contribution is 5.92. The Labute approximate surface area is 288 Å². The average Bonchev–Trinajstić information content (AvgIpc) is 3.44. The van der Waals surface area contributed by atoms with Gasteiger partial charge in [0.1, 0.15) is 17.5 Å². The summed E-state index contributed by atoms with van der Waals surface area (Å²) in [4.78, 5) is 30.9. The summed E-state index contributed by atoms with van der Waals surface area (Å²) in [6.45, 7) is 3.96. The van der Waals surface area contributed by atoms with E-state index in [-0.39, 0.29) is 18.2 Å². The molecule has 1 saturated heterocycles. The number of nitriles is 1. The number of aryl methyl sites for hydroxylation is 1. The fourth-order valence-electron chi connectivity index (χ4n) is 5.91. The lowest BCUT2D eigenvalue weighted by Crippen LogP contribution is -2.36. The van der Waals surface area contributed by atoms with Crippen LogP contribution in [0.1, 0.15) is 69.4 Å². The molecule has 3 aromatic heterocycles. The van der Waals surface area contributed by atoms with Gasteiger partial charge in [-0.3, -0.25) is 9.58 Å². The molecule has 256 valence electrons. The summed E-state index contributed by atoms with van der Waals surface area (Å²) in [6, 6.07) is 15.7. The highest BCUT2D eigenvalue weighted by Crippen LogP contribution is 2.24. The van der Waals surface area contributed by atoms with Gasteiger partial charge in [-0.1, -0.05) is 49.8 Å². The van der Waals surface area contributed by atoms with Crippen LogP contribution in [-0.4, -0.2) is 61.1 Å². The van der Waals surface area contributed by atoms with Crippen LogP contribution in [0, 0.1) is 11.3 Å². The van der Waals surface area contributed by atoms with E-state index in [2.05, 4.69) is 43.6 Å². The Kier molecular flexibility index (Phi) is 12.7. The number of pyridine rings is 1. The highest BCUT2D eigenvalue weighted by atomic mass is 16.3. The Bertz CT molecular complexity index is 1700. The lowest BCUT2D eigenvalue weighted by atomic mass is 10.1. The molecule has 4 heterocycles. The zero-order chi connectivity index (χ0) is 34.4. The van der Waals surface area contributed by atoms with E-state index in [4.69, 9.17) is 4.98 Å². The summed E-state index contributed by atoms with van der Waals surface area (Å²) in [5.74, 6) is 1.66. The summed E-state index contributed by atoms with van der Waals surface area (Å²) in [6.07, 6.45) is 17.3. The number of allylic oxidation sites excluding steroid dienone is 1. The minimum atomic E-state index is -0.317. The van der Waals surface area contributed by atoms with Gasteiger partial charge in [0.15, 0.2) is 5.82 Å². The van der Waals surface area contributed by atoms with Crippen LogP contribution < -0.4 is 20.4 Å². The summed E-state index contributed by atoms with van der Waals surface area (Å²) >= 11 is 0. The Morgan fingerprint density at radius 3 is 2.69 bits per heavy atom. The molecule has 0 saturated carbocycles. The van der Waals surface area contributed by atoms with E-state index in [1.807, 2.05) is 61.8 Å². The molecule has 0 bridgehead atoms. The third-order valence-corrected chi connectivity index (χ3v) is 8.57. The number of anilines is 3. The molecule has 4 aromatic rings. The molecule has 0 spiro atoms. The van der Waals surface area contributed by atoms with Crippen molar-refractivity contribution in [2.24, 2.45) is 7.05 Å². The second kappa shape index (κ2) is 17.8. The number of nitrogens with one attached hydrogen (secondary N) is 2. The molecular formula is C37H46N10O2. The molecule has 1 unspecified atom stereocenters. The quantitative estimate of drug-likeness (QED) is 0.135. The van der Waals surface area contributed by atoms with Crippen LogP contribution in [0.25, 0.3) is 11.1 Å². The maximum Gasteiger partial charge on any atom is 0.327 e. The Morgan fingerprint density at radius 2 is 1.96 bits per heavy atom. The van der Waals surface area contributed by atoms with Crippen LogP contribution >= 0.6 is 0 Å². The third kappa shape index (κ3) is 10.1. The molecule has 49 heavy (non-hydrogen) atoms. The fourth-order valence-corrected chi connectivity index (χ4v) is 5.91. The Hall–Kier alpha value is -5.28. The van der Waals surface area contributed by atoms with Gasteiger partial charge in [0.25, 0.3) is 0 Å². The van der Waals surface area contributed by atoms with Crippen LogP contribution in [0.5, 0.6) is 0 Å². The van der Waals surface area contributed by atoms with Gasteiger partial charge in [-0.15, -0.1) is 0 Å². The standard InChI is InChI=1S/C37H46N10O2/c1-3-11-32(43-36-40-25-30(22-38)35(44-36)46-19-10-15-33(48)18-21-46)14-8-5-9-20-47(37(49)41-23-28-12-6-4-7-13-28)34-17-16-29(24-39-34)31-26-42-45(2)27-31/h4,6-7,9,12-13,16-17,20,24-27,32-33,48H,3,5,8,10-11,14-15,18-19,21,23H2,1-2H3,(H,41,49)(H,40,43,44)/b20-9+/t32-,33?/m1/s1. The Balaban J connectivity index is 1.22. The molecule has 5 rings (SSSR count). The predicted octanol–water partition coefficient (Wildman–Crippen LogP) is 6.18. The van der Waals surface area contributed by atoms with E-state index >= 15 is 0 Å². The van der Waals surface area contributed by atoms with E-state index < -0.39 is 0 Å². The van der Waals surface area contributed by atoms with E-state index in [0.29, 0.717) is 42.7 Å². The van der Waals surface area contributed by atoms with Gasteiger partial charge < -0.3 is 20.6 Å². The van der Waals surface area contributed by atoms with Crippen molar-refractivity contribution in [2.75, 3.05) is 28.2 Å². The van der Waals surface area contributed by atoms with Gasteiger partial charge >= 0.3 is 6.03 Å². The summed E-state index contributed by atoms with van der Waals surface area (Å²) < 4.78 is 1.74. The van der Waals surface area contributed by atoms with Crippen molar-refractivity contribution in [2.45, 2.75) is 77.0 Å². The van der Waals surface area contributed by atoms with Gasteiger partial charge in [0.05, 0.1) is 18.5 Å². The first kappa shape index (κ1) is 35.0. The first-order valence-electron chi connectivity index (χ1n) is 17.1. The molecule has 1 fully saturated rings. The van der Waals surface area contributed by atoms with Crippen molar-refractivity contribution < 1.29 is 9.90 Å². The number of urea groups is 1. The summed E-state index contributed by atoms with van der Waals surface area (Å²) in [7, 11) is 1.87. The first-order chi connectivity index (χ1) is 23.9.